The van der Waals surface area contributed by atoms with Gasteiger partial charge in [0.25, 0.3) is 5.91 Å². The van der Waals surface area contributed by atoms with Gasteiger partial charge in [-0.25, -0.2) is 0 Å². The molecule has 23 heavy (non-hydrogen) atoms. The molecule has 1 atom stereocenters. The molecule has 0 spiro atoms. The minimum Gasteiger partial charge on any atom is -0.396 e. The van der Waals surface area contributed by atoms with E-state index in [4.69, 9.17) is 4.74 Å². The summed E-state index contributed by atoms with van der Waals surface area (Å²) in [5, 5.41) is 9.87. The van der Waals surface area contributed by atoms with Gasteiger partial charge in [-0.2, -0.15) is 0 Å². The summed E-state index contributed by atoms with van der Waals surface area (Å²) < 4.78 is 5.19. The van der Waals surface area contributed by atoms with Gasteiger partial charge in [-0.05, 0) is 61.8 Å². The van der Waals surface area contributed by atoms with Crippen LogP contribution in [0.15, 0.2) is 18.2 Å². The highest BCUT2D eigenvalue weighted by molar-refractivity contribution is 5.94. The lowest BCUT2D eigenvalue weighted by Crippen LogP contribution is -2.48. The number of carbonyl (C=O) groups excluding carboxylic acids is 1. The quantitative estimate of drug-likeness (QED) is 0.907. The molecule has 1 heterocycles. The summed E-state index contributed by atoms with van der Waals surface area (Å²) in [6, 6.07) is 6.16. The van der Waals surface area contributed by atoms with Crippen molar-refractivity contribution < 1.29 is 14.6 Å². The Bertz CT molecular complexity index is 572. The number of amides is 1. The minimum absolute atomic E-state index is 0.106. The van der Waals surface area contributed by atoms with Gasteiger partial charge < -0.3 is 14.7 Å². The van der Waals surface area contributed by atoms with Crippen molar-refractivity contribution in [1.82, 2.24) is 4.90 Å². The minimum atomic E-state index is -0.208. The van der Waals surface area contributed by atoms with Crippen LogP contribution in [0.5, 0.6) is 0 Å². The Kier molecular flexibility index (Phi) is 5.02. The predicted octanol–water partition coefficient (Wildman–Crippen LogP) is 2.43. The van der Waals surface area contributed by atoms with Gasteiger partial charge in [0.15, 0.2) is 0 Å². The summed E-state index contributed by atoms with van der Waals surface area (Å²) in [6.07, 6.45) is 6.13. The molecule has 126 valence electrons. The SMILES string of the molecule is COCC[C@]1(CO)CCCN(C(=O)c2ccc3c(c2)CCC3)C1. The highest BCUT2D eigenvalue weighted by Gasteiger charge is 2.36. The summed E-state index contributed by atoms with van der Waals surface area (Å²) in [6.45, 7) is 2.15. The van der Waals surface area contributed by atoms with Gasteiger partial charge in [-0.15, -0.1) is 0 Å². The van der Waals surface area contributed by atoms with E-state index in [1.54, 1.807) is 7.11 Å². The molecule has 1 N–H and O–H groups in total. The molecule has 4 nitrogen and oxygen atoms in total. The van der Waals surface area contributed by atoms with Crippen molar-refractivity contribution in [1.29, 1.82) is 0 Å². The Labute approximate surface area is 138 Å². The average molecular weight is 317 g/mol. The van der Waals surface area contributed by atoms with Crippen molar-refractivity contribution in [3.05, 3.63) is 34.9 Å². The number of aryl methyl sites for hydroxylation is 2. The highest BCUT2D eigenvalue weighted by Crippen LogP contribution is 2.34. The number of hydrogen-bond acceptors (Lipinski definition) is 3. The van der Waals surface area contributed by atoms with Crippen molar-refractivity contribution >= 4 is 5.91 Å². The maximum atomic E-state index is 12.9. The number of nitrogens with zero attached hydrogens (tertiary/aromatic N) is 1. The van der Waals surface area contributed by atoms with Crippen molar-refractivity contribution in [2.45, 2.75) is 38.5 Å². The van der Waals surface area contributed by atoms with Gasteiger partial charge in [-0.1, -0.05) is 6.07 Å². The third kappa shape index (κ3) is 3.43. The van der Waals surface area contributed by atoms with Gasteiger partial charge in [0.1, 0.15) is 0 Å². The van der Waals surface area contributed by atoms with E-state index in [2.05, 4.69) is 12.1 Å². The first-order chi connectivity index (χ1) is 11.2. The first-order valence-electron chi connectivity index (χ1n) is 8.68. The number of piperidine rings is 1. The first kappa shape index (κ1) is 16.5. The number of ether oxygens (including phenoxy) is 1. The van der Waals surface area contributed by atoms with Gasteiger partial charge in [0.05, 0.1) is 6.61 Å². The van der Waals surface area contributed by atoms with E-state index in [0.29, 0.717) is 13.2 Å². The van der Waals surface area contributed by atoms with Crippen molar-refractivity contribution in [2.75, 3.05) is 33.4 Å². The predicted molar refractivity (Wildman–Crippen MR) is 89.6 cm³/mol. The summed E-state index contributed by atoms with van der Waals surface area (Å²) >= 11 is 0. The maximum Gasteiger partial charge on any atom is 0.253 e. The smallest absolute Gasteiger partial charge is 0.253 e. The summed E-state index contributed by atoms with van der Waals surface area (Å²) in [5.74, 6) is 0.106. The molecule has 2 aliphatic rings. The van der Waals surface area contributed by atoms with Gasteiger partial charge in [-0.3, -0.25) is 4.79 Å². The van der Waals surface area contributed by atoms with Crippen LogP contribution in [-0.4, -0.2) is 49.3 Å². The second-order valence-electron chi connectivity index (χ2n) is 7.07. The Morgan fingerprint density at radius 2 is 2.13 bits per heavy atom. The molecule has 4 heteroatoms. The molecule has 1 saturated heterocycles. The Hall–Kier alpha value is -1.39. The number of likely N-dealkylation sites (tertiary alicyclic amines) is 1. The highest BCUT2D eigenvalue weighted by atomic mass is 16.5. The zero-order valence-electron chi connectivity index (χ0n) is 14.0. The van der Waals surface area contributed by atoms with Crippen LogP contribution in [0.25, 0.3) is 0 Å². The molecule has 0 bridgehead atoms. The van der Waals surface area contributed by atoms with Crippen molar-refractivity contribution in [3.8, 4) is 0 Å². The van der Waals surface area contributed by atoms with Crippen LogP contribution in [0.1, 0.15) is 47.2 Å². The van der Waals surface area contributed by atoms with Gasteiger partial charge in [0, 0.05) is 37.8 Å². The first-order valence-corrected chi connectivity index (χ1v) is 8.68. The second kappa shape index (κ2) is 7.02. The van der Waals surface area contributed by atoms with Crippen LogP contribution in [-0.2, 0) is 17.6 Å². The van der Waals surface area contributed by atoms with Crippen LogP contribution in [0.2, 0.25) is 0 Å². The lowest BCUT2D eigenvalue weighted by molar-refractivity contribution is 0.00898. The monoisotopic (exact) mass is 317 g/mol. The molecule has 0 unspecified atom stereocenters. The number of carbonyl (C=O) groups is 1. The number of aliphatic hydroxyl groups excluding tert-OH is 1. The zero-order chi connectivity index (χ0) is 16.3. The molecule has 1 amide bonds. The zero-order valence-corrected chi connectivity index (χ0v) is 14.0. The Morgan fingerprint density at radius 3 is 2.91 bits per heavy atom. The number of hydrogen-bond donors (Lipinski definition) is 1. The molecule has 0 saturated carbocycles. The Morgan fingerprint density at radius 1 is 1.30 bits per heavy atom. The summed E-state index contributed by atoms with van der Waals surface area (Å²) in [5.41, 5.74) is 3.32. The molecule has 1 fully saturated rings. The number of methoxy groups -OCH3 is 1. The van der Waals surface area contributed by atoms with Crippen molar-refractivity contribution in [2.24, 2.45) is 5.41 Å². The molecule has 0 aromatic heterocycles. The van der Waals surface area contributed by atoms with Crippen molar-refractivity contribution in [3.63, 3.8) is 0 Å². The number of fused-ring (bicyclic) bond motifs is 1. The molecule has 1 aromatic rings. The number of aliphatic hydroxyl groups is 1. The fourth-order valence-electron chi connectivity index (χ4n) is 4.00. The lowest BCUT2D eigenvalue weighted by atomic mass is 9.78. The molecule has 3 rings (SSSR count). The van der Waals surface area contributed by atoms with E-state index < -0.39 is 0 Å². The van der Waals surface area contributed by atoms with E-state index in [0.717, 1.165) is 44.2 Å². The van der Waals surface area contributed by atoms with E-state index in [-0.39, 0.29) is 17.9 Å². The molecular formula is C19H27NO3. The molecule has 1 aliphatic carbocycles. The Balaban J connectivity index is 1.74. The molecule has 0 radical (unpaired) electrons. The van der Waals surface area contributed by atoms with E-state index in [1.807, 2.05) is 11.0 Å². The summed E-state index contributed by atoms with van der Waals surface area (Å²) in [7, 11) is 1.68. The normalized spacial score (nSPS) is 23.8. The number of rotatable bonds is 5. The third-order valence-electron chi connectivity index (χ3n) is 5.47. The fraction of sp³-hybridized carbons (Fsp3) is 0.632. The largest absolute Gasteiger partial charge is 0.396 e. The van der Waals surface area contributed by atoms with Crippen LogP contribution < -0.4 is 0 Å². The lowest BCUT2D eigenvalue weighted by Gasteiger charge is -2.42. The second-order valence-corrected chi connectivity index (χ2v) is 7.07. The van der Waals surface area contributed by atoms with E-state index in [9.17, 15) is 9.90 Å². The van der Waals surface area contributed by atoms with Gasteiger partial charge in [0.2, 0.25) is 0 Å². The maximum absolute atomic E-state index is 12.9. The fourth-order valence-corrected chi connectivity index (χ4v) is 4.00. The topological polar surface area (TPSA) is 49.8 Å². The van der Waals surface area contributed by atoms with Crippen LogP contribution >= 0.6 is 0 Å². The van der Waals surface area contributed by atoms with E-state index in [1.165, 1.54) is 17.5 Å². The summed E-state index contributed by atoms with van der Waals surface area (Å²) in [4.78, 5) is 14.8. The van der Waals surface area contributed by atoms with Crippen LogP contribution in [0, 0.1) is 5.41 Å². The average Bonchev–Trinajstić information content (AvgIpc) is 3.07. The number of benzene rings is 1. The standard InChI is InChI=1S/C19H27NO3/c1-23-11-9-19(14-21)8-3-10-20(13-19)18(22)17-7-6-15-4-2-5-16(15)12-17/h6-7,12,21H,2-5,8-11,13-14H2,1H3/t19-/m1/s1. The third-order valence-corrected chi connectivity index (χ3v) is 5.47. The van der Waals surface area contributed by atoms with Crippen LogP contribution in [0.3, 0.4) is 0 Å². The molecule has 1 aromatic carbocycles. The van der Waals surface area contributed by atoms with Gasteiger partial charge >= 0.3 is 0 Å². The van der Waals surface area contributed by atoms with Crippen LogP contribution in [0.4, 0.5) is 0 Å². The van der Waals surface area contributed by atoms with E-state index >= 15 is 0 Å². The molecule has 1 aliphatic heterocycles. The molecular weight excluding hydrogens is 290 g/mol.